The molecule has 2 aromatic rings. The van der Waals surface area contributed by atoms with Crippen molar-refractivity contribution in [3.05, 3.63) is 53.6 Å². The zero-order valence-electron chi connectivity index (χ0n) is 16.2. The van der Waals surface area contributed by atoms with Crippen LogP contribution in [0.4, 0.5) is 11.4 Å². The van der Waals surface area contributed by atoms with Gasteiger partial charge in [-0.1, -0.05) is 43.5 Å². The number of aryl methyl sites for hydroxylation is 1. The number of nitrogens with zero attached hydrogens (tertiary/aromatic N) is 1. The van der Waals surface area contributed by atoms with Crippen LogP contribution in [-0.2, 0) is 16.1 Å². The Bertz CT molecular complexity index is 887. The summed E-state index contributed by atoms with van der Waals surface area (Å²) in [6.07, 6.45) is 5.37. The summed E-state index contributed by atoms with van der Waals surface area (Å²) in [4.78, 5) is 26.9. The SMILES string of the molecule is Cc1ccccc1CN1C(=O)COc2ccc(NC(=O)C3CCCCC3)cc21. The van der Waals surface area contributed by atoms with Crippen molar-refractivity contribution in [3.63, 3.8) is 0 Å². The summed E-state index contributed by atoms with van der Waals surface area (Å²) in [6, 6.07) is 13.6. The van der Waals surface area contributed by atoms with Crippen molar-refractivity contribution >= 4 is 23.2 Å². The summed E-state index contributed by atoms with van der Waals surface area (Å²) in [7, 11) is 0. The number of anilines is 2. The lowest BCUT2D eigenvalue weighted by Gasteiger charge is -2.30. The van der Waals surface area contributed by atoms with Gasteiger partial charge < -0.3 is 15.0 Å². The molecule has 1 aliphatic heterocycles. The Balaban J connectivity index is 1.57. The van der Waals surface area contributed by atoms with E-state index in [0.717, 1.165) is 36.8 Å². The van der Waals surface area contributed by atoms with Gasteiger partial charge in [-0.3, -0.25) is 9.59 Å². The Hall–Kier alpha value is -2.82. The van der Waals surface area contributed by atoms with Gasteiger partial charge in [-0.25, -0.2) is 0 Å². The predicted molar refractivity (Wildman–Crippen MR) is 110 cm³/mol. The van der Waals surface area contributed by atoms with E-state index in [2.05, 4.69) is 5.32 Å². The van der Waals surface area contributed by atoms with Gasteiger partial charge in [0.05, 0.1) is 12.2 Å². The summed E-state index contributed by atoms with van der Waals surface area (Å²) >= 11 is 0. The molecule has 0 spiro atoms. The molecule has 28 heavy (non-hydrogen) atoms. The van der Waals surface area contributed by atoms with Gasteiger partial charge in [0, 0.05) is 11.6 Å². The summed E-state index contributed by atoms with van der Waals surface area (Å²) in [5.41, 5.74) is 3.66. The Kier molecular flexibility index (Phi) is 5.33. The van der Waals surface area contributed by atoms with Crippen LogP contribution in [0.25, 0.3) is 0 Å². The smallest absolute Gasteiger partial charge is 0.265 e. The molecular weight excluding hydrogens is 352 g/mol. The highest BCUT2D eigenvalue weighted by atomic mass is 16.5. The van der Waals surface area contributed by atoms with Gasteiger partial charge in [-0.15, -0.1) is 0 Å². The first kappa shape index (κ1) is 18.5. The van der Waals surface area contributed by atoms with E-state index in [-0.39, 0.29) is 24.3 Å². The minimum atomic E-state index is -0.0773. The summed E-state index contributed by atoms with van der Waals surface area (Å²) in [5, 5.41) is 3.04. The molecule has 0 saturated heterocycles. The number of fused-ring (bicyclic) bond motifs is 1. The van der Waals surface area contributed by atoms with E-state index in [1.54, 1.807) is 4.90 Å². The van der Waals surface area contributed by atoms with E-state index in [9.17, 15) is 9.59 Å². The molecule has 0 aromatic heterocycles. The second-order valence-electron chi connectivity index (χ2n) is 7.70. The van der Waals surface area contributed by atoms with Gasteiger partial charge in [0.25, 0.3) is 5.91 Å². The fraction of sp³-hybridized carbons (Fsp3) is 0.391. The molecule has 1 heterocycles. The van der Waals surface area contributed by atoms with Crippen LogP contribution in [0.3, 0.4) is 0 Å². The minimum Gasteiger partial charge on any atom is -0.482 e. The first-order chi connectivity index (χ1) is 13.6. The van der Waals surface area contributed by atoms with Crippen molar-refractivity contribution in [3.8, 4) is 5.75 Å². The van der Waals surface area contributed by atoms with Gasteiger partial charge in [0.1, 0.15) is 5.75 Å². The number of hydrogen-bond acceptors (Lipinski definition) is 3. The molecule has 2 amide bonds. The van der Waals surface area contributed by atoms with Gasteiger partial charge >= 0.3 is 0 Å². The second kappa shape index (κ2) is 8.05. The van der Waals surface area contributed by atoms with E-state index in [1.165, 1.54) is 6.42 Å². The quantitative estimate of drug-likeness (QED) is 0.856. The summed E-state index contributed by atoms with van der Waals surface area (Å²) in [5.74, 6) is 0.759. The van der Waals surface area contributed by atoms with Gasteiger partial charge in [-0.2, -0.15) is 0 Å². The molecular formula is C23H26N2O3. The molecule has 1 saturated carbocycles. The molecule has 2 aromatic carbocycles. The molecule has 4 rings (SSSR count). The zero-order chi connectivity index (χ0) is 19.5. The zero-order valence-corrected chi connectivity index (χ0v) is 16.2. The number of carbonyl (C=O) groups is 2. The van der Waals surface area contributed by atoms with Crippen LogP contribution >= 0.6 is 0 Å². The minimum absolute atomic E-state index is 0.0344. The Labute approximate surface area is 165 Å². The van der Waals surface area contributed by atoms with Crippen molar-refractivity contribution in [2.24, 2.45) is 5.92 Å². The van der Waals surface area contributed by atoms with E-state index in [4.69, 9.17) is 4.74 Å². The monoisotopic (exact) mass is 378 g/mol. The number of hydrogen-bond donors (Lipinski definition) is 1. The third-order valence-electron chi connectivity index (χ3n) is 5.74. The molecule has 1 aliphatic carbocycles. The molecule has 146 valence electrons. The Morgan fingerprint density at radius 3 is 2.71 bits per heavy atom. The van der Waals surface area contributed by atoms with Crippen molar-refractivity contribution in [2.75, 3.05) is 16.8 Å². The molecule has 2 aliphatic rings. The molecule has 1 fully saturated rings. The first-order valence-electron chi connectivity index (χ1n) is 10.0. The highest BCUT2D eigenvalue weighted by Crippen LogP contribution is 2.36. The first-order valence-corrected chi connectivity index (χ1v) is 10.0. The molecule has 1 N–H and O–H groups in total. The molecule has 5 heteroatoms. The average molecular weight is 378 g/mol. The van der Waals surface area contributed by atoms with E-state index in [0.29, 0.717) is 23.7 Å². The molecule has 0 unspecified atom stereocenters. The predicted octanol–water partition coefficient (Wildman–Crippen LogP) is 4.44. The van der Waals surface area contributed by atoms with Crippen LogP contribution in [0.15, 0.2) is 42.5 Å². The second-order valence-corrected chi connectivity index (χ2v) is 7.70. The summed E-state index contributed by atoms with van der Waals surface area (Å²) < 4.78 is 5.61. The molecule has 0 radical (unpaired) electrons. The average Bonchev–Trinajstić information content (AvgIpc) is 2.72. The van der Waals surface area contributed by atoms with Crippen LogP contribution in [0.5, 0.6) is 5.75 Å². The van der Waals surface area contributed by atoms with Crippen LogP contribution in [0, 0.1) is 12.8 Å². The highest BCUT2D eigenvalue weighted by molar-refractivity contribution is 5.99. The van der Waals surface area contributed by atoms with Crippen molar-refractivity contribution < 1.29 is 14.3 Å². The third kappa shape index (κ3) is 3.88. The maximum absolute atomic E-state index is 12.6. The lowest BCUT2D eigenvalue weighted by atomic mass is 9.88. The summed E-state index contributed by atoms with van der Waals surface area (Å²) in [6.45, 7) is 2.57. The van der Waals surface area contributed by atoms with Gasteiger partial charge in [0.15, 0.2) is 6.61 Å². The van der Waals surface area contributed by atoms with Crippen molar-refractivity contribution in [2.45, 2.75) is 45.6 Å². The number of ether oxygens (including phenoxy) is 1. The normalized spacial score (nSPS) is 17.0. The van der Waals surface area contributed by atoms with E-state index in [1.807, 2.05) is 49.4 Å². The number of carbonyl (C=O) groups excluding carboxylic acids is 2. The maximum Gasteiger partial charge on any atom is 0.265 e. The fourth-order valence-corrected chi connectivity index (χ4v) is 4.02. The topological polar surface area (TPSA) is 58.6 Å². The van der Waals surface area contributed by atoms with Gasteiger partial charge in [-0.05, 0) is 49.1 Å². The largest absolute Gasteiger partial charge is 0.482 e. The lowest BCUT2D eigenvalue weighted by Crippen LogP contribution is -2.38. The fourth-order valence-electron chi connectivity index (χ4n) is 4.02. The molecule has 0 bridgehead atoms. The van der Waals surface area contributed by atoms with Gasteiger partial charge in [0.2, 0.25) is 5.91 Å². The van der Waals surface area contributed by atoms with Crippen LogP contribution in [0.1, 0.15) is 43.2 Å². The number of amides is 2. The number of rotatable bonds is 4. The number of nitrogens with one attached hydrogen (secondary N) is 1. The number of benzene rings is 2. The molecule has 5 nitrogen and oxygen atoms in total. The van der Waals surface area contributed by atoms with E-state index >= 15 is 0 Å². The maximum atomic E-state index is 12.6. The third-order valence-corrected chi connectivity index (χ3v) is 5.74. The molecule has 0 atom stereocenters. The Morgan fingerprint density at radius 1 is 1.14 bits per heavy atom. The Morgan fingerprint density at radius 2 is 1.93 bits per heavy atom. The highest BCUT2D eigenvalue weighted by Gasteiger charge is 2.27. The van der Waals surface area contributed by atoms with Crippen molar-refractivity contribution in [1.29, 1.82) is 0 Å². The van der Waals surface area contributed by atoms with Crippen LogP contribution in [0.2, 0.25) is 0 Å². The van der Waals surface area contributed by atoms with E-state index < -0.39 is 0 Å². The van der Waals surface area contributed by atoms with Crippen LogP contribution < -0.4 is 15.0 Å². The van der Waals surface area contributed by atoms with Crippen LogP contribution in [-0.4, -0.2) is 18.4 Å². The standard InChI is InChI=1S/C23H26N2O3/c1-16-7-5-6-10-18(16)14-25-20-13-19(11-12-21(20)28-15-22(25)26)24-23(27)17-8-3-2-4-9-17/h5-7,10-13,17H,2-4,8-9,14-15H2,1H3,(H,24,27). The van der Waals surface area contributed by atoms with Crippen molar-refractivity contribution in [1.82, 2.24) is 0 Å². The lowest BCUT2D eigenvalue weighted by molar-refractivity contribution is -0.121.